The molecule has 0 aromatic carbocycles. The van der Waals surface area contributed by atoms with Crippen LogP contribution in [0.2, 0.25) is 0 Å². The van der Waals surface area contributed by atoms with E-state index in [4.69, 9.17) is 0 Å². The minimum absolute atomic E-state index is 0.00679. The number of aliphatic hydroxyl groups excluding tert-OH is 1. The van der Waals surface area contributed by atoms with Gasteiger partial charge in [0.25, 0.3) is 5.91 Å². The van der Waals surface area contributed by atoms with Gasteiger partial charge in [-0.3, -0.25) is 4.79 Å². The van der Waals surface area contributed by atoms with Gasteiger partial charge in [-0.1, -0.05) is 20.4 Å². The van der Waals surface area contributed by atoms with Crippen LogP contribution in [0.4, 0.5) is 0 Å². The van der Waals surface area contributed by atoms with Gasteiger partial charge in [0, 0.05) is 6.08 Å². The summed E-state index contributed by atoms with van der Waals surface area (Å²) < 4.78 is 0. The van der Waals surface area contributed by atoms with Crippen molar-refractivity contribution >= 4 is 5.91 Å². The van der Waals surface area contributed by atoms with Gasteiger partial charge in [0.2, 0.25) is 0 Å². The molecule has 1 saturated carbocycles. The summed E-state index contributed by atoms with van der Waals surface area (Å²) in [4.78, 5) is 11.4. The third kappa shape index (κ3) is 2.95. The predicted octanol–water partition coefficient (Wildman–Crippen LogP) is 1.38. The SMILES string of the molecule is C=C=CC(=O)NC1(CO)CCC(C)(C)C1. The molecule has 84 valence electrons. The van der Waals surface area contributed by atoms with Gasteiger partial charge >= 0.3 is 0 Å². The molecule has 3 heteroatoms. The van der Waals surface area contributed by atoms with Gasteiger partial charge in [0.05, 0.1) is 12.1 Å². The van der Waals surface area contributed by atoms with E-state index in [0.717, 1.165) is 19.3 Å². The number of aliphatic hydroxyl groups is 1. The topological polar surface area (TPSA) is 49.3 Å². The molecule has 0 bridgehead atoms. The van der Waals surface area contributed by atoms with Crippen LogP contribution < -0.4 is 5.32 Å². The molecule has 1 rings (SSSR count). The molecular formula is C12H19NO2. The molecule has 0 spiro atoms. The number of hydrogen-bond acceptors (Lipinski definition) is 2. The first-order valence-electron chi connectivity index (χ1n) is 5.22. The molecule has 0 aliphatic heterocycles. The van der Waals surface area contributed by atoms with E-state index >= 15 is 0 Å². The highest BCUT2D eigenvalue weighted by atomic mass is 16.3. The molecule has 1 aliphatic rings. The summed E-state index contributed by atoms with van der Waals surface area (Å²) in [5, 5.41) is 12.3. The Morgan fingerprint density at radius 1 is 1.60 bits per heavy atom. The van der Waals surface area contributed by atoms with Crippen LogP contribution in [-0.4, -0.2) is 23.2 Å². The smallest absolute Gasteiger partial charge is 0.252 e. The average Bonchev–Trinajstić information content (AvgIpc) is 2.43. The van der Waals surface area contributed by atoms with Gasteiger partial charge < -0.3 is 10.4 Å². The molecule has 0 radical (unpaired) electrons. The third-order valence-electron chi connectivity index (χ3n) is 3.02. The fourth-order valence-electron chi connectivity index (χ4n) is 2.34. The summed E-state index contributed by atoms with van der Waals surface area (Å²) in [6.45, 7) is 7.65. The second-order valence-corrected chi connectivity index (χ2v) is 5.12. The summed E-state index contributed by atoms with van der Waals surface area (Å²) >= 11 is 0. The molecule has 2 N–H and O–H groups in total. The van der Waals surface area contributed by atoms with Crippen LogP contribution in [-0.2, 0) is 4.79 Å². The largest absolute Gasteiger partial charge is 0.394 e. The molecule has 0 aromatic rings. The molecule has 1 atom stereocenters. The quantitative estimate of drug-likeness (QED) is 0.545. The molecule has 0 heterocycles. The highest BCUT2D eigenvalue weighted by Crippen LogP contribution is 2.43. The Labute approximate surface area is 90.9 Å². The van der Waals surface area contributed by atoms with Crippen molar-refractivity contribution in [2.24, 2.45) is 5.41 Å². The summed E-state index contributed by atoms with van der Waals surface area (Å²) in [6.07, 6.45) is 3.93. The number of carbonyl (C=O) groups is 1. The highest BCUT2D eigenvalue weighted by Gasteiger charge is 2.43. The van der Waals surface area contributed by atoms with Crippen molar-refractivity contribution in [1.82, 2.24) is 5.32 Å². The van der Waals surface area contributed by atoms with E-state index in [9.17, 15) is 9.90 Å². The first kappa shape index (κ1) is 12.0. The molecule has 3 nitrogen and oxygen atoms in total. The second kappa shape index (κ2) is 4.21. The van der Waals surface area contributed by atoms with Crippen molar-refractivity contribution in [2.75, 3.05) is 6.61 Å². The zero-order valence-corrected chi connectivity index (χ0v) is 9.47. The van der Waals surface area contributed by atoms with E-state index in [1.54, 1.807) is 0 Å². The van der Waals surface area contributed by atoms with Gasteiger partial charge in [-0.25, -0.2) is 0 Å². The molecule has 1 unspecified atom stereocenters. The van der Waals surface area contributed by atoms with E-state index in [1.807, 2.05) is 0 Å². The molecule has 1 fully saturated rings. The van der Waals surface area contributed by atoms with Gasteiger partial charge in [-0.2, -0.15) is 0 Å². The molecule has 15 heavy (non-hydrogen) atoms. The Kier molecular flexibility index (Phi) is 3.38. The Morgan fingerprint density at radius 3 is 2.67 bits per heavy atom. The Bertz CT molecular complexity index is 303. The molecule has 0 aromatic heterocycles. The maximum atomic E-state index is 11.4. The van der Waals surface area contributed by atoms with Crippen LogP contribution in [0.15, 0.2) is 18.4 Å². The van der Waals surface area contributed by atoms with Crippen molar-refractivity contribution in [3.8, 4) is 0 Å². The number of hydrogen-bond donors (Lipinski definition) is 2. The normalized spacial score (nSPS) is 28.2. The van der Waals surface area contributed by atoms with E-state index < -0.39 is 5.54 Å². The van der Waals surface area contributed by atoms with Crippen molar-refractivity contribution in [3.05, 3.63) is 18.4 Å². The van der Waals surface area contributed by atoms with Gasteiger partial charge in [0.1, 0.15) is 0 Å². The number of rotatable bonds is 3. The maximum absolute atomic E-state index is 11.4. The highest BCUT2D eigenvalue weighted by molar-refractivity contribution is 5.87. The average molecular weight is 209 g/mol. The number of amides is 1. The van der Waals surface area contributed by atoms with E-state index in [0.29, 0.717) is 0 Å². The molecule has 1 amide bonds. The van der Waals surface area contributed by atoms with Gasteiger partial charge in [-0.15, -0.1) is 5.73 Å². The van der Waals surface area contributed by atoms with Crippen LogP contribution in [0, 0.1) is 5.41 Å². The minimum Gasteiger partial charge on any atom is -0.394 e. The summed E-state index contributed by atoms with van der Waals surface area (Å²) in [6, 6.07) is 0. The number of carbonyl (C=O) groups excluding carboxylic acids is 1. The molecular weight excluding hydrogens is 190 g/mol. The van der Waals surface area contributed by atoms with E-state index in [2.05, 4.69) is 31.5 Å². The minimum atomic E-state index is -0.450. The Balaban J connectivity index is 2.71. The lowest BCUT2D eigenvalue weighted by Crippen LogP contribution is -2.49. The van der Waals surface area contributed by atoms with Crippen LogP contribution in [0.1, 0.15) is 33.1 Å². The Hall–Kier alpha value is -1.05. The maximum Gasteiger partial charge on any atom is 0.252 e. The first-order chi connectivity index (χ1) is 6.93. The van der Waals surface area contributed by atoms with Crippen LogP contribution in [0.25, 0.3) is 0 Å². The first-order valence-corrected chi connectivity index (χ1v) is 5.22. The standard InChI is InChI=1S/C12H19NO2/c1-4-5-10(15)13-12(9-14)7-6-11(2,3)8-12/h5,14H,1,6-9H2,2-3H3,(H,13,15). The third-order valence-corrected chi connectivity index (χ3v) is 3.02. The summed E-state index contributed by atoms with van der Waals surface area (Å²) in [5.74, 6) is -0.225. The Morgan fingerprint density at radius 2 is 2.27 bits per heavy atom. The van der Waals surface area contributed by atoms with Crippen molar-refractivity contribution in [1.29, 1.82) is 0 Å². The lowest BCUT2D eigenvalue weighted by atomic mass is 9.88. The summed E-state index contributed by atoms with van der Waals surface area (Å²) in [7, 11) is 0. The molecule has 0 saturated heterocycles. The zero-order valence-electron chi connectivity index (χ0n) is 9.47. The second-order valence-electron chi connectivity index (χ2n) is 5.12. The number of nitrogens with one attached hydrogen (secondary N) is 1. The van der Waals surface area contributed by atoms with Gasteiger partial charge in [-0.05, 0) is 24.7 Å². The fraction of sp³-hybridized carbons (Fsp3) is 0.667. The van der Waals surface area contributed by atoms with Crippen molar-refractivity contribution in [2.45, 2.75) is 38.6 Å². The molecule has 1 aliphatic carbocycles. The lowest BCUT2D eigenvalue weighted by Gasteiger charge is -2.29. The lowest BCUT2D eigenvalue weighted by molar-refractivity contribution is -0.118. The van der Waals surface area contributed by atoms with Crippen LogP contribution >= 0.6 is 0 Å². The van der Waals surface area contributed by atoms with Crippen LogP contribution in [0.3, 0.4) is 0 Å². The van der Waals surface area contributed by atoms with Crippen molar-refractivity contribution in [3.63, 3.8) is 0 Å². The fourth-order valence-corrected chi connectivity index (χ4v) is 2.34. The van der Waals surface area contributed by atoms with E-state index in [-0.39, 0.29) is 17.9 Å². The summed E-state index contributed by atoms with van der Waals surface area (Å²) in [5.41, 5.74) is 2.17. The van der Waals surface area contributed by atoms with Gasteiger partial charge in [0.15, 0.2) is 0 Å². The van der Waals surface area contributed by atoms with E-state index in [1.165, 1.54) is 6.08 Å². The monoisotopic (exact) mass is 209 g/mol. The van der Waals surface area contributed by atoms with Crippen LogP contribution in [0.5, 0.6) is 0 Å². The van der Waals surface area contributed by atoms with Crippen molar-refractivity contribution < 1.29 is 9.90 Å². The zero-order chi connectivity index (χ0) is 11.5. The predicted molar refractivity (Wildman–Crippen MR) is 59.3 cm³/mol.